The third kappa shape index (κ3) is 3.46. The van der Waals surface area contributed by atoms with Crippen molar-refractivity contribution >= 4 is 5.91 Å². The molecular formula is C14H25N3O2. The van der Waals surface area contributed by atoms with Crippen molar-refractivity contribution in [2.45, 2.75) is 50.3 Å². The second-order valence-corrected chi connectivity index (χ2v) is 6.05. The summed E-state index contributed by atoms with van der Waals surface area (Å²) in [5.41, 5.74) is 0. The molecule has 5 heteroatoms. The second-order valence-electron chi connectivity index (χ2n) is 6.05. The molecule has 108 valence electrons. The largest absolute Gasteiger partial charge is 0.373 e. The average Bonchev–Trinajstić information content (AvgIpc) is 3.06. The molecule has 0 spiro atoms. The molecule has 2 N–H and O–H groups in total. The van der Waals surface area contributed by atoms with Gasteiger partial charge in [0.2, 0.25) is 5.91 Å². The van der Waals surface area contributed by atoms with Gasteiger partial charge in [0, 0.05) is 31.6 Å². The van der Waals surface area contributed by atoms with Gasteiger partial charge in [-0.05, 0) is 38.8 Å². The number of nitrogens with zero attached hydrogens (tertiary/aromatic N) is 1. The van der Waals surface area contributed by atoms with Crippen LogP contribution in [0.3, 0.4) is 0 Å². The Labute approximate surface area is 115 Å². The topological polar surface area (TPSA) is 53.6 Å². The van der Waals surface area contributed by atoms with Crippen LogP contribution in [0.15, 0.2) is 0 Å². The van der Waals surface area contributed by atoms with Gasteiger partial charge in [0.05, 0.1) is 12.7 Å². The fraction of sp³-hybridized carbons (Fsp3) is 0.929. The molecule has 0 aromatic heterocycles. The summed E-state index contributed by atoms with van der Waals surface area (Å²) in [5, 5.41) is 6.38. The molecule has 0 radical (unpaired) electrons. The van der Waals surface area contributed by atoms with Crippen LogP contribution in [0.2, 0.25) is 0 Å². The molecule has 3 heterocycles. The highest BCUT2D eigenvalue weighted by atomic mass is 16.5. The van der Waals surface area contributed by atoms with Crippen LogP contribution in [0.1, 0.15) is 32.1 Å². The van der Waals surface area contributed by atoms with E-state index in [4.69, 9.17) is 4.74 Å². The highest BCUT2D eigenvalue weighted by Gasteiger charge is 2.32. The predicted molar refractivity (Wildman–Crippen MR) is 73.0 cm³/mol. The number of carbonyl (C=O) groups excluding carboxylic acids is 1. The zero-order valence-electron chi connectivity index (χ0n) is 11.6. The Morgan fingerprint density at radius 1 is 1.37 bits per heavy atom. The molecule has 19 heavy (non-hydrogen) atoms. The molecule has 0 bridgehead atoms. The smallest absolute Gasteiger partial charge is 0.221 e. The molecule has 0 saturated carbocycles. The minimum Gasteiger partial charge on any atom is -0.373 e. The minimum atomic E-state index is 0.159. The summed E-state index contributed by atoms with van der Waals surface area (Å²) >= 11 is 0. The van der Waals surface area contributed by atoms with Gasteiger partial charge in [-0.3, -0.25) is 9.69 Å². The molecule has 3 fully saturated rings. The van der Waals surface area contributed by atoms with E-state index in [1.807, 2.05) is 0 Å². The van der Waals surface area contributed by atoms with E-state index in [0.717, 1.165) is 26.1 Å². The number of amides is 1. The van der Waals surface area contributed by atoms with Crippen molar-refractivity contribution in [1.82, 2.24) is 15.5 Å². The van der Waals surface area contributed by atoms with Crippen molar-refractivity contribution in [2.75, 3.05) is 32.8 Å². The van der Waals surface area contributed by atoms with Crippen LogP contribution >= 0.6 is 0 Å². The molecular weight excluding hydrogens is 242 g/mol. The normalized spacial score (nSPS) is 35.3. The van der Waals surface area contributed by atoms with Gasteiger partial charge in [0.15, 0.2) is 0 Å². The summed E-state index contributed by atoms with van der Waals surface area (Å²) in [6.45, 7) is 4.73. The van der Waals surface area contributed by atoms with Gasteiger partial charge in [-0.25, -0.2) is 0 Å². The molecule has 3 atom stereocenters. The van der Waals surface area contributed by atoms with E-state index in [1.54, 1.807) is 0 Å². The molecule has 5 nitrogen and oxygen atoms in total. The molecule has 0 aromatic rings. The highest BCUT2D eigenvalue weighted by molar-refractivity contribution is 5.76. The van der Waals surface area contributed by atoms with Crippen LogP contribution < -0.4 is 10.6 Å². The molecule has 1 amide bonds. The first-order valence-electron chi connectivity index (χ1n) is 7.67. The van der Waals surface area contributed by atoms with Gasteiger partial charge in [0.25, 0.3) is 0 Å². The minimum absolute atomic E-state index is 0.159. The lowest BCUT2D eigenvalue weighted by molar-refractivity contribution is -0.123. The fourth-order valence-corrected chi connectivity index (χ4v) is 3.46. The number of rotatable bonds is 4. The summed E-state index contributed by atoms with van der Waals surface area (Å²) in [6, 6.07) is 1.02. The van der Waals surface area contributed by atoms with E-state index in [1.165, 1.54) is 25.8 Å². The first-order chi connectivity index (χ1) is 9.31. The monoisotopic (exact) mass is 267 g/mol. The molecule has 3 saturated heterocycles. The third-order valence-corrected chi connectivity index (χ3v) is 4.58. The molecule has 3 rings (SSSR count). The van der Waals surface area contributed by atoms with E-state index in [0.29, 0.717) is 25.0 Å². The first-order valence-corrected chi connectivity index (χ1v) is 7.67. The van der Waals surface area contributed by atoms with E-state index in [9.17, 15) is 4.79 Å². The first kappa shape index (κ1) is 13.3. The van der Waals surface area contributed by atoms with Gasteiger partial charge in [-0.1, -0.05) is 0 Å². The molecule has 0 aliphatic carbocycles. The lowest BCUT2D eigenvalue weighted by Crippen LogP contribution is -2.50. The van der Waals surface area contributed by atoms with Crippen LogP contribution in [0.25, 0.3) is 0 Å². The standard InChI is InChI=1S/C14H25N3O2/c18-14(7-11-3-1-5-15-11)16-8-13-9-17-6-2-4-12(17)10-19-13/h11-13,15H,1-10H2,(H,16,18). The van der Waals surface area contributed by atoms with Crippen LogP contribution in [-0.4, -0.2) is 61.8 Å². The molecule has 3 unspecified atom stereocenters. The Morgan fingerprint density at radius 3 is 3.16 bits per heavy atom. The van der Waals surface area contributed by atoms with Crippen LogP contribution in [0.4, 0.5) is 0 Å². The number of morpholine rings is 1. The van der Waals surface area contributed by atoms with Gasteiger partial charge >= 0.3 is 0 Å². The number of hydrogen-bond donors (Lipinski definition) is 2. The summed E-state index contributed by atoms with van der Waals surface area (Å²) < 4.78 is 5.84. The van der Waals surface area contributed by atoms with Gasteiger partial charge in [-0.2, -0.15) is 0 Å². The van der Waals surface area contributed by atoms with Crippen molar-refractivity contribution < 1.29 is 9.53 Å². The Balaban J connectivity index is 1.36. The second kappa shape index (κ2) is 6.20. The Bertz CT molecular complexity index is 318. The van der Waals surface area contributed by atoms with Crippen molar-refractivity contribution in [1.29, 1.82) is 0 Å². The number of nitrogens with one attached hydrogen (secondary N) is 2. The van der Waals surface area contributed by atoms with Crippen LogP contribution in [-0.2, 0) is 9.53 Å². The van der Waals surface area contributed by atoms with E-state index in [2.05, 4.69) is 15.5 Å². The highest BCUT2D eigenvalue weighted by Crippen LogP contribution is 2.22. The van der Waals surface area contributed by atoms with Crippen molar-refractivity contribution in [3.05, 3.63) is 0 Å². The quantitative estimate of drug-likeness (QED) is 0.759. The summed E-state index contributed by atoms with van der Waals surface area (Å²) in [6.07, 6.45) is 5.67. The Kier molecular flexibility index (Phi) is 4.35. The maximum absolute atomic E-state index is 11.8. The van der Waals surface area contributed by atoms with Gasteiger partial charge in [-0.15, -0.1) is 0 Å². The fourth-order valence-electron chi connectivity index (χ4n) is 3.46. The van der Waals surface area contributed by atoms with E-state index in [-0.39, 0.29) is 12.0 Å². The van der Waals surface area contributed by atoms with Crippen LogP contribution in [0, 0.1) is 0 Å². The van der Waals surface area contributed by atoms with Gasteiger partial charge < -0.3 is 15.4 Å². The summed E-state index contributed by atoms with van der Waals surface area (Å²) in [4.78, 5) is 14.4. The Hall–Kier alpha value is -0.650. The predicted octanol–water partition coefficient (Wildman–Crippen LogP) is 0.108. The number of ether oxygens (including phenoxy) is 1. The maximum Gasteiger partial charge on any atom is 0.221 e. The lowest BCUT2D eigenvalue weighted by Gasteiger charge is -2.35. The number of carbonyl (C=O) groups is 1. The van der Waals surface area contributed by atoms with Crippen LogP contribution in [0.5, 0.6) is 0 Å². The molecule has 3 aliphatic rings. The van der Waals surface area contributed by atoms with E-state index >= 15 is 0 Å². The SMILES string of the molecule is O=C(CC1CCCN1)NCC1CN2CCCC2CO1. The van der Waals surface area contributed by atoms with Crippen molar-refractivity contribution in [2.24, 2.45) is 0 Å². The van der Waals surface area contributed by atoms with Crippen molar-refractivity contribution in [3.63, 3.8) is 0 Å². The number of hydrogen-bond acceptors (Lipinski definition) is 4. The molecule has 3 aliphatic heterocycles. The summed E-state index contributed by atoms with van der Waals surface area (Å²) in [7, 11) is 0. The Morgan fingerprint density at radius 2 is 2.32 bits per heavy atom. The zero-order valence-corrected chi connectivity index (χ0v) is 11.6. The summed E-state index contributed by atoms with van der Waals surface area (Å²) in [5.74, 6) is 0.159. The maximum atomic E-state index is 11.8. The van der Waals surface area contributed by atoms with Crippen molar-refractivity contribution in [3.8, 4) is 0 Å². The zero-order chi connectivity index (χ0) is 13.1. The van der Waals surface area contributed by atoms with Gasteiger partial charge in [0.1, 0.15) is 0 Å². The third-order valence-electron chi connectivity index (χ3n) is 4.58. The lowest BCUT2D eigenvalue weighted by atomic mass is 10.1. The average molecular weight is 267 g/mol. The molecule has 0 aromatic carbocycles. The van der Waals surface area contributed by atoms with E-state index < -0.39 is 0 Å². The number of fused-ring (bicyclic) bond motifs is 1.